The number of nitrogens with one attached hydrogen (secondary N) is 1. The molecule has 4 aromatic rings. The fourth-order valence-electron chi connectivity index (χ4n) is 5.20. The predicted molar refractivity (Wildman–Crippen MR) is 185 cm³/mol. The van der Waals surface area contributed by atoms with Crippen molar-refractivity contribution in [2.45, 2.75) is 76.9 Å². The van der Waals surface area contributed by atoms with Crippen molar-refractivity contribution >= 4 is 27.5 Å². The molecule has 0 saturated carbocycles. The van der Waals surface area contributed by atoms with Crippen LogP contribution in [0.3, 0.4) is 0 Å². The van der Waals surface area contributed by atoms with Gasteiger partial charge in [-0.05, 0) is 67.6 Å². The van der Waals surface area contributed by atoms with Crippen LogP contribution in [0.2, 0.25) is 0 Å². The molecule has 0 heterocycles. The summed E-state index contributed by atoms with van der Waals surface area (Å²) in [6.45, 7) is 8.92. The van der Waals surface area contributed by atoms with Crippen LogP contribution in [0.5, 0.6) is 0 Å². The summed E-state index contributed by atoms with van der Waals surface area (Å²) in [5.74, 6) is -1.36. The van der Waals surface area contributed by atoms with Gasteiger partial charge in [0.1, 0.15) is 18.4 Å². The van der Waals surface area contributed by atoms with Gasteiger partial charge in [-0.1, -0.05) is 99.1 Å². The lowest BCUT2D eigenvalue weighted by atomic mass is 10.0. The summed E-state index contributed by atoms with van der Waals surface area (Å²) in [6, 6.07) is 27.6. The number of aryl methyl sites for hydroxylation is 1. The minimum atomic E-state index is -4.23. The highest BCUT2D eigenvalue weighted by molar-refractivity contribution is 7.92. The molecule has 9 heteroatoms. The molecule has 0 spiro atoms. The van der Waals surface area contributed by atoms with Crippen molar-refractivity contribution in [3.05, 3.63) is 131 Å². The van der Waals surface area contributed by atoms with E-state index in [1.165, 1.54) is 23.1 Å². The van der Waals surface area contributed by atoms with Crippen molar-refractivity contribution < 1.29 is 22.4 Å². The monoisotopic (exact) mass is 657 g/mol. The van der Waals surface area contributed by atoms with Gasteiger partial charge in [-0.25, -0.2) is 12.8 Å². The van der Waals surface area contributed by atoms with Gasteiger partial charge in [-0.3, -0.25) is 13.9 Å². The Morgan fingerprint density at radius 3 is 2.04 bits per heavy atom. The van der Waals surface area contributed by atoms with E-state index in [9.17, 15) is 18.0 Å². The van der Waals surface area contributed by atoms with Crippen LogP contribution in [-0.4, -0.2) is 43.8 Å². The van der Waals surface area contributed by atoms with Gasteiger partial charge >= 0.3 is 0 Å². The maximum absolute atomic E-state index is 15.1. The summed E-state index contributed by atoms with van der Waals surface area (Å²) in [5.41, 5.74) is 3.22. The van der Waals surface area contributed by atoms with Gasteiger partial charge in [-0.2, -0.15) is 0 Å². The lowest BCUT2D eigenvalue weighted by Gasteiger charge is -2.34. The Bertz CT molecular complexity index is 1740. The molecule has 4 rings (SSSR count). The molecule has 4 aromatic carbocycles. The second-order valence-corrected chi connectivity index (χ2v) is 14.1. The van der Waals surface area contributed by atoms with E-state index in [4.69, 9.17) is 0 Å². The summed E-state index contributed by atoms with van der Waals surface area (Å²) >= 11 is 0. The molecule has 2 amide bonds. The van der Waals surface area contributed by atoms with Crippen LogP contribution < -0.4 is 9.62 Å². The molecule has 7 nitrogen and oxygen atoms in total. The van der Waals surface area contributed by atoms with Gasteiger partial charge < -0.3 is 10.2 Å². The summed E-state index contributed by atoms with van der Waals surface area (Å²) in [7, 11) is -4.23. The van der Waals surface area contributed by atoms with Crippen LogP contribution in [0, 0.1) is 12.7 Å². The summed E-state index contributed by atoms with van der Waals surface area (Å²) in [4.78, 5) is 29.8. The predicted octanol–water partition coefficient (Wildman–Crippen LogP) is 7.01. The number of hydrogen-bond acceptors (Lipinski definition) is 4. The first kappa shape index (κ1) is 35.4. The second-order valence-electron chi connectivity index (χ2n) is 12.2. The molecule has 0 aliphatic rings. The van der Waals surface area contributed by atoms with Crippen molar-refractivity contribution in [3.63, 3.8) is 0 Å². The highest BCUT2D eigenvalue weighted by Gasteiger charge is 2.35. The minimum absolute atomic E-state index is 0.0276. The molecule has 47 heavy (non-hydrogen) atoms. The van der Waals surface area contributed by atoms with E-state index < -0.39 is 40.2 Å². The number of anilines is 1. The smallest absolute Gasteiger partial charge is 0.264 e. The van der Waals surface area contributed by atoms with Crippen molar-refractivity contribution in [1.29, 1.82) is 0 Å². The van der Waals surface area contributed by atoms with Crippen LogP contribution in [0.25, 0.3) is 0 Å². The Kier molecular flexibility index (Phi) is 11.9. The Morgan fingerprint density at radius 1 is 0.830 bits per heavy atom. The van der Waals surface area contributed by atoms with Gasteiger partial charge in [0.25, 0.3) is 10.0 Å². The van der Waals surface area contributed by atoms with Crippen molar-refractivity contribution in [2.75, 3.05) is 10.8 Å². The SMILES string of the molecule is CC[C@@H](C)NC(=O)[C@H](Cc1ccccc1)N(Cc1ccccc1F)C(=O)CN(c1ccc(C(C)C)cc1)S(=O)(=O)c1ccc(C)cc1. The molecule has 0 aromatic heterocycles. The molecule has 0 saturated heterocycles. The Morgan fingerprint density at radius 2 is 1.45 bits per heavy atom. The molecule has 0 bridgehead atoms. The van der Waals surface area contributed by atoms with Gasteiger partial charge in [0.2, 0.25) is 11.8 Å². The summed E-state index contributed by atoms with van der Waals surface area (Å²) in [6.07, 6.45) is 0.817. The van der Waals surface area contributed by atoms with Crippen LogP contribution in [-0.2, 0) is 32.6 Å². The fourth-order valence-corrected chi connectivity index (χ4v) is 6.61. The normalized spacial score (nSPS) is 12.7. The van der Waals surface area contributed by atoms with Gasteiger partial charge in [0.05, 0.1) is 10.6 Å². The largest absolute Gasteiger partial charge is 0.352 e. The molecule has 248 valence electrons. The third-order valence-corrected chi connectivity index (χ3v) is 10.1. The summed E-state index contributed by atoms with van der Waals surface area (Å²) in [5, 5.41) is 2.99. The highest BCUT2D eigenvalue weighted by Crippen LogP contribution is 2.27. The van der Waals surface area contributed by atoms with Gasteiger partial charge in [-0.15, -0.1) is 0 Å². The zero-order valence-corrected chi connectivity index (χ0v) is 28.5. The zero-order chi connectivity index (χ0) is 34.1. The number of carbonyl (C=O) groups excluding carboxylic acids is 2. The average molecular weight is 658 g/mol. The molecule has 0 unspecified atom stereocenters. The zero-order valence-electron chi connectivity index (χ0n) is 27.7. The van der Waals surface area contributed by atoms with Gasteiger partial charge in [0, 0.05) is 24.6 Å². The first-order valence-corrected chi connectivity index (χ1v) is 17.4. The molecular formula is C38H44FN3O4S. The Hall–Kier alpha value is -4.50. The lowest BCUT2D eigenvalue weighted by Crippen LogP contribution is -2.54. The molecular weight excluding hydrogens is 614 g/mol. The van der Waals surface area contributed by atoms with Crippen molar-refractivity contribution in [1.82, 2.24) is 10.2 Å². The summed E-state index contributed by atoms with van der Waals surface area (Å²) < 4.78 is 44.6. The number of amides is 2. The van der Waals surface area contributed by atoms with Crippen LogP contribution in [0.15, 0.2) is 108 Å². The number of nitrogens with zero attached hydrogens (tertiary/aromatic N) is 2. The van der Waals surface area contributed by atoms with E-state index in [-0.39, 0.29) is 35.4 Å². The molecule has 0 radical (unpaired) electrons. The molecule has 0 aliphatic carbocycles. The standard InChI is InChI=1S/C38H44FN3O4S/c1-6-29(5)40-38(44)36(24-30-12-8-7-9-13-30)41(25-32-14-10-11-15-35(32)39)37(43)26-42(33-20-18-31(19-21-33)27(2)3)47(45,46)34-22-16-28(4)17-23-34/h7-23,27,29,36H,6,24-26H2,1-5H3,(H,40,44)/t29-,36+/m1/s1. The van der Waals surface area contributed by atoms with E-state index in [1.807, 2.05) is 77.1 Å². The van der Waals surface area contributed by atoms with Crippen LogP contribution >= 0.6 is 0 Å². The van der Waals surface area contributed by atoms with E-state index in [2.05, 4.69) is 5.32 Å². The number of benzene rings is 4. The number of rotatable bonds is 14. The van der Waals surface area contributed by atoms with Gasteiger partial charge in [0.15, 0.2) is 0 Å². The molecule has 2 atom stereocenters. The van der Waals surface area contributed by atoms with E-state index in [0.717, 1.165) is 21.0 Å². The van der Waals surface area contributed by atoms with Crippen LogP contribution in [0.1, 0.15) is 62.3 Å². The Labute approximate surface area is 278 Å². The third kappa shape index (κ3) is 9.07. The topological polar surface area (TPSA) is 86.8 Å². The first-order valence-electron chi connectivity index (χ1n) is 16.0. The minimum Gasteiger partial charge on any atom is -0.352 e. The maximum atomic E-state index is 15.1. The Balaban J connectivity index is 1.82. The molecule has 0 aliphatic heterocycles. The van der Waals surface area contributed by atoms with E-state index >= 15 is 4.39 Å². The molecule has 0 fully saturated rings. The first-order chi connectivity index (χ1) is 22.4. The van der Waals surface area contributed by atoms with E-state index in [0.29, 0.717) is 12.1 Å². The second kappa shape index (κ2) is 15.9. The third-order valence-electron chi connectivity index (χ3n) is 8.31. The van der Waals surface area contributed by atoms with Crippen molar-refractivity contribution in [3.8, 4) is 0 Å². The number of sulfonamides is 1. The highest BCUT2D eigenvalue weighted by atomic mass is 32.2. The lowest BCUT2D eigenvalue weighted by molar-refractivity contribution is -0.140. The maximum Gasteiger partial charge on any atom is 0.264 e. The van der Waals surface area contributed by atoms with Crippen molar-refractivity contribution in [2.24, 2.45) is 0 Å². The van der Waals surface area contributed by atoms with Crippen LogP contribution in [0.4, 0.5) is 10.1 Å². The van der Waals surface area contributed by atoms with E-state index in [1.54, 1.807) is 42.5 Å². The number of hydrogen-bond donors (Lipinski definition) is 1. The number of halogens is 1. The quantitative estimate of drug-likeness (QED) is 0.158. The molecule has 1 N–H and O–H groups in total. The fraction of sp³-hybridized carbons (Fsp3) is 0.316. The average Bonchev–Trinajstić information content (AvgIpc) is 3.06. The number of carbonyl (C=O) groups is 2.